The number of benzene rings is 2. The molecular weight excluding hydrogens is 388 g/mol. The van der Waals surface area contributed by atoms with E-state index in [-0.39, 0.29) is 17.3 Å². The highest BCUT2D eigenvalue weighted by Gasteiger charge is 2.17. The summed E-state index contributed by atoms with van der Waals surface area (Å²) >= 11 is 2.00. The Hall–Kier alpha value is -0.860. The molecule has 4 nitrogen and oxygen atoms in total. The number of rotatable bonds is 6. The van der Waals surface area contributed by atoms with Crippen molar-refractivity contribution in [1.82, 2.24) is 0 Å². The molecular formula is C15H15BrO4S2. The monoisotopic (exact) mass is 402 g/mol. The van der Waals surface area contributed by atoms with Gasteiger partial charge in [-0.15, -0.1) is 0 Å². The van der Waals surface area contributed by atoms with Crippen molar-refractivity contribution in [3.8, 4) is 0 Å². The lowest BCUT2D eigenvalue weighted by molar-refractivity contribution is 0.338. The zero-order valence-electron chi connectivity index (χ0n) is 11.9. The van der Waals surface area contributed by atoms with E-state index in [2.05, 4.69) is 15.9 Å². The van der Waals surface area contributed by atoms with Crippen LogP contribution in [0, 0.1) is 6.92 Å². The van der Waals surface area contributed by atoms with Gasteiger partial charge < -0.3 is 4.55 Å². The molecule has 2 aromatic carbocycles. The van der Waals surface area contributed by atoms with Gasteiger partial charge in [-0.1, -0.05) is 33.6 Å². The Bertz CT molecular complexity index is 712. The van der Waals surface area contributed by atoms with Crippen LogP contribution in [0.2, 0.25) is 0 Å². The second-order valence-corrected chi connectivity index (χ2v) is 8.69. The average Bonchev–Trinajstić information content (AvgIpc) is 2.48. The minimum Gasteiger partial charge on any atom is -0.611 e. The second-order valence-electron chi connectivity index (χ2n) is 4.59. The Morgan fingerprint density at radius 1 is 1.09 bits per heavy atom. The maximum absolute atomic E-state index is 12.0. The Morgan fingerprint density at radius 3 is 2.27 bits per heavy atom. The molecule has 0 bridgehead atoms. The smallest absolute Gasteiger partial charge is 0.297 e. The van der Waals surface area contributed by atoms with E-state index < -0.39 is 21.3 Å². The minimum atomic E-state index is -3.80. The van der Waals surface area contributed by atoms with Crippen LogP contribution >= 0.6 is 15.9 Å². The van der Waals surface area contributed by atoms with Crippen LogP contribution in [0.15, 0.2) is 62.8 Å². The van der Waals surface area contributed by atoms with E-state index in [9.17, 15) is 13.0 Å². The molecule has 0 amide bonds. The lowest BCUT2D eigenvalue weighted by Gasteiger charge is -2.11. The number of aryl methyl sites for hydroxylation is 1. The fourth-order valence-electron chi connectivity index (χ4n) is 1.70. The first-order valence-corrected chi connectivity index (χ1v) is 10.0. The largest absolute Gasteiger partial charge is 0.611 e. The molecule has 118 valence electrons. The summed E-state index contributed by atoms with van der Waals surface area (Å²) in [6.45, 7) is 1.75. The van der Waals surface area contributed by atoms with E-state index in [1.165, 1.54) is 12.1 Å². The first kappa shape index (κ1) is 17.5. The van der Waals surface area contributed by atoms with Gasteiger partial charge in [0.25, 0.3) is 10.1 Å². The number of halogens is 1. The second kappa shape index (κ2) is 7.61. The van der Waals surface area contributed by atoms with Crippen molar-refractivity contribution < 1.29 is 17.2 Å². The molecule has 2 rings (SSSR count). The average molecular weight is 403 g/mol. The van der Waals surface area contributed by atoms with Crippen molar-refractivity contribution in [2.75, 3.05) is 12.4 Å². The fourth-order valence-corrected chi connectivity index (χ4v) is 3.88. The van der Waals surface area contributed by atoms with Gasteiger partial charge in [0.15, 0.2) is 4.90 Å². The van der Waals surface area contributed by atoms with Crippen LogP contribution < -0.4 is 0 Å². The molecule has 0 radical (unpaired) electrons. The molecule has 0 aliphatic heterocycles. The summed E-state index contributed by atoms with van der Waals surface area (Å²) in [5.41, 5.74) is 0.968. The molecule has 0 aliphatic rings. The normalized spacial score (nSPS) is 13.0. The zero-order chi connectivity index (χ0) is 16.2. The highest BCUT2D eigenvalue weighted by molar-refractivity contribution is 9.10. The Balaban J connectivity index is 1.92. The lowest BCUT2D eigenvalue weighted by atomic mass is 10.2. The predicted molar refractivity (Wildman–Crippen MR) is 89.7 cm³/mol. The molecule has 2 aromatic rings. The van der Waals surface area contributed by atoms with Crippen molar-refractivity contribution in [3.63, 3.8) is 0 Å². The third kappa shape index (κ3) is 4.82. The van der Waals surface area contributed by atoms with E-state index in [4.69, 9.17) is 4.18 Å². The molecule has 0 aliphatic carbocycles. The van der Waals surface area contributed by atoms with Crippen LogP contribution in [0.3, 0.4) is 0 Å². The van der Waals surface area contributed by atoms with Crippen LogP contribution in [0.25, 0.3) is 0 Å². The zero-order valence-corrected chi connectivity index (χ0v) is 15.1. The molecule has 0 saturated carbocycles. The first-order chi connectivity index (χ1) is 10.4. The van der Waals surface area contributed by atoms with E-state index in [0.29, 0.717) is 4.90 Å². The Kier molecular flexibility index (Phi) is 6.05. The van der Waals surface area contributed by atoms with Crippen molar-refractivity contribution in [2.45, 2.75) is 16.7 Å². The van der Waals surface area contributed by atoms with Gasteiger partial charge in [-0.2, -0.15) is 8.42 Å². The van der Waals surface area contributed by atoms with Gasteiger partial charge in [-0.05, 0) is 54.5 Å². The highest BCUT2D eigenvalue weighted by Crippen LogP contribution is 2.17. The van der Waals surface area contributed by atoms with Gasteiger partial charge >= 0.3 is 0 Å². The van der Waals surface area contributed by atoms with Crippen molar-refractivity contribution in [3.05, 3.63) is 58.6 Å². The first-order valence-electron chi connectivity index (χ1n) is 6.48. The van der Waals surface area contributed by atoms with Gasteiger partial charge in [0.05, 0.1) is 4.90 Å². The van der Waals surface area contributed by atoms with Crippen molar-refractivity contribution in [1.29, 1.82) is 0 Å². The quantitative estimate of drug-likeness (QED) is 0.549. The molecule has 22 heavy (non-hydrogen) atoms. The predicted octanol–water partition coefficient (Wildman–Crippen LogP) is 3.27. The fraction of sp³-hybridized carbons (Fsp3) is 0.200. The molecule has 0 heterocycles. The molecule has 7 heteroatoms. The molecule has 0 fully saturated rings. The van der Waals surface area contributed by atoms with E-state index in [0.717, 1.165) is 10.0 Å². The van der Waals surface area contributed by atoms with Crippen LogP contribution in [-0.4, -0.2) is 25.3 Å². The summed E-state index contributed by atoms with van der Waals surface area (Å²) in [4.78, 5) is 0.743. The van der Waals surface area contributed by atoms with Crippen LogP contribution in [0.4, 0.5) is 0 Å². The van der Waals surface area contributed by atoms with Crippen LogP contribution in [-0.2, 0) is 25.5 Å². The van der Waals surface area contributed by atoms with Gasteiger partial charge in [0.2, 0.25) is 0 Å². The molecule has 1 atom stereocenters. The van der Waals surface area contributed by atoms with Crippen molar-refractivity contribution in [2.24, 2.45) is 0 Å². The molecule has 1 unspecified atom stereocenters. The van der Waals surface area contributed by atoms with Crippen LogP contribution in [0.5, 0.6) is 0 Å². The van der Waals surface area contributed by atoms with Crippen LogP contribution in [0.1, 0.15) is 5.56 Å². The number of hydrogen-bond acceptors (Lipinski definition) is 4. The summed E-state index contributed by atoms with van der Waals surface area (Å²) < 4.78 is 41.8. The molecule has 0 N–H and O–H groups in total. The summed E-state index contributed by atoms with van der Waals surface area (Å²) in [5.74, 6) is 0.118. The third-order valence-electron chi connectivity index (χ3n) is 2.89. The third-order valence-corrected chi connectivity index (χ3v) is 6.08. The summed E-state index contributed by atoms with van der Waals surface area (Å²) in [5, 5.41) is 0. The topological polar surface area (TPSA) is 66.4 Å². The maximum atomic E-state index is 12.0. The Morgan fingerprint density at radius 2 is 1.68 bits per heavy atom. The minimum absolute atomic E-state index is 0.104. The van der Waals surface area contributed by atoms with Gasteiger partial charge in [0.1, 0.15) is 12.4 Å². The van der Waals surface area contributed by atoms with E-state index in [1.54, 1.807) is 36.4 Å². The highest BCUT2D eigenvalue weighted by atomic mass is 79.9. The standard InChI is InChI=1S/C15H15BrO4S2/c1-12-2-8-15(9-3-12)22(18,19)20-10-11-21(17)14-6-4-13(16)5-7-14/h2-9H,10-11H2,1H3. The lowest BCUT2D eigenvalue weighted by Crippen LogP contribution is -2.16. The molecule has 0 saturated heterocycles. The van der Waals surface area contributed by atoms with E-state index >= 15 is 0 Å². The van der Waals surface area contributed by atoms with Gasteiger partial charge in [-0.25, -0.2) is 0 Å². The molecule has 0 spiro atoms. The Labute approximate surface area is 141 Å². The SMILES string of the molecule is Cc1ccc(S(=O)(=O)OCC[S+]([O-])c2ccc(Br)cc2)cc1. The van der Waals surface area contributed by atoms with Gasteiger partial charge in [-0.3, -0.25) is 4.18 Å². The van der Waals surface area contributed by atoms with Crippen molar-refractivity contribution >= 4 is 37.2 Å². The van der Waals surface area contributed by atoms with E-state index in [1.807, 2.05) is 6.92 Å². The summed E-state index contributed by atoms with van der Waals surface area (Å²) in [6, 6.07) is 13.4. The summed E-state index contributed by atoms with van der Waals surface area (Å²) in [6.07, 6.45) is 0. The molecule has 0 aromatic heterocycles. The number of hydrogen-bond donors (Lipinski definition) is 0. The van der Waals surface area contributed by atoms with Gasteiger partial charge in [0, 0.05) is 4.47 Å². The maximum Gasteiger partial charge on any atom is 0.297 e. The summed E-state index contributed by atoms with van der Waals surface area (Å²) in [7, 11) is -3.80.